The fourth-order valence-electron chi connectivity index (χ4n) is 2.38. The van der Waals surface area contributed by atoms with Crippen molar-refractivity contribution in [2.75, 3.05) is 20.7 Å². The van der Waals surface area contributed by atoms with Crippen molar-refractivity contribution in [2.24, 2.45) is 7.05 Å². The fraction of sp³-hybridized carbons (Fsp3) is 0.375. The lowest BCUT2D eigenvalue weighted by Gasteiger charge is -2.16. The molecule has 0 radical (unpaired) electrons. The third kappa shape index (κ3) is 3.24. The van der Waals surface area contributed by atoms with Gasteiger partial charge in [-0.25, -0.2) is 0 Å². The van der Waals surface area contributed by atoms with Gasteiger partial charge in [-0.1, -0.05) is 18.2 Å². The van der Waals surface area contributed by atoms with Crippen LogP contribution in [0, 0.1) is 0 Å². The summed E-state index contributed by atoms with van der Waals surface area (Å²) in [6.07, 6.45) is 2.77. The molecular formula is C16H20N2O3. The molecule has 5 nitrogen and oxygen atoms in total. The zero-order valence-electron chi connectivity index (χ0n) is 12.6. The molecule has 0 atom stereocenters. The quantitative estimate of drug-likeness (QED) is 0.793. The van der Waals surface area contributed by atoms with Crippen LogP contribution in [-0.2, 0) is 16.6 Å². The number of rotatable bonds is 5. The standard InChI is InChI=1S/C16H20N2O3/c1-17(10-6-9-15(19)21-3)16(20)13-11-18(2)14-8-5-4-7-12(13)14/h4-5,7-8,11H,6,9-10H2,1-3H3. The number of benzene rings is 1. The van der Waals surface area contributed by atoms with Crippen molar-refractivity contribution >= 4 is 22.8 Å². The van der Waals surface area contributed by atoms with Crippen LogP contribution < -0.4 is 0 Å². The van der Waals surface area contributed by atoms with Crippen LogP contribution in [0.3, 0.4) is 0 Å². The molecule has 0 aliphatic carbocycles. The van der Waals surface area contributed by atoms with Gasteiger partial charge in [0.25, 0.3) is 5.91 Å². The van der Waals surface area contributed by atoms with E-state index in [4.69, 9.17) is 0 Å². The summed E-state index contributed by atoms with van der Waals surface area (Å²) in [5.41, 5.74) is 1.72. The topological polar surface area (TPSA) is 51.5 Å². The Hall–Kier alpha value is -2.30. The maximum atomic E-state index is 12.5. The summed E-state index contributed by atoms with van der Waals surface area (Å²) in [5.74, 6) is -0.280. The lowest BCUT2D eigenvalue weighted by molar-refractivity contribution is -0.140. The highest BCUT2D eigenvalue weighted by Crippen LogP contribution is 2.21. The summed E-state index contributed by atoms with van der Waals surface area (Å²) in [6, 6.07) is 7.82. The first-order valence-corrected chi connectivity index (χ1v) is 6.91. The fourth-order valence-corrected chi connectivity index (χ4v) is 2.38. The number of para-hydroxylation sites is 1. The Labute approximate surface area is 124 Å². The Morgan fingerprint density at radius 1 is 1.29 bits per heavy atom. The Morgan fingerprint density at radius 3 is 2.71 bits per heavy atom. The molecule has 0 saturated carbocycles. The molecule has 21 heavy (non-hydrogen) atoms. The van der Waals surface area contributed by atoms with Gasteiger partial charge in [-0.05, 0) is 12.5 Å². The molecule has 0 bridgehead atoms. The van der Waals surface area contributed by atoms with E-state index in [2.05, 4.69) is 4.74 Å². The highest BCUT2D eigenvalue weighted by atomic mass is 16.5. The SMILES string of the molecule is COC(=O)CCCN(C)C(=O)c1cn(C)c2ccccc12. The Morgan fingerprint density at radius 2 is 2.00 bits per heavy atom. The second-order valence-electron chi connectivity index (χ2n) is 5.08. The van der Waals surface area contributed by atoms with Crippen LogP contribution in [0.25, 0.3) is 10.9 Å². The van der Waals surface area contributed by atoms with E-state index in [9.17, 15) is 9.59 Å². The van der Waals surface area contributed by atoms with Gasteiger partial charge >= 0.3 is 5.97 Å². The average Bonchev–Trinajstić information content (AvgIpc) is 2.83. The second kappa shape index (κ2) is 6.43. The summed E-state index contributed by atoms with van der Waals surface area (Å²) in [6.45, 7) is 0.525. The van der Waals surface area contributed by atoms with Gasteiger partial charge in [0, 0.05) is 44.2 Å². The second-order valence-corrected chi connectivity index (χ2v) is 5.08. The molecule has 112 valence electrons. The van der Waals surface area contributed by atoms with Crippen LogP contribution in [0.1, 0.15) is 23.2 Å². The van der Waals surface area contributed by atoms with E-state index in [-0.39, 0.29) is 11.9 Å². The largest absolute Gasteiger partial charge is 0.469 e. The van der Waals surface area contributed by atoms with Gasteiger partial charge in [-0.2, -0.15) is 0 Å². The lowest BCUT2D eigenvalue weighted by atomic mass is 10.1. The number of esters is 1. The van der Waals surface area contributed by atoms with Crippen molar-refractivity contribution in [3.8, 4) is 0 Å². The molecule has 1 aromatic carbocycles. The Bertz CT molecular complexity index is 661. The molecule has 2 rings (SSSR count). The molecule has 5 heteroatoms. The van der Waals surface area contributed by atoms with Crippen LogP contribution in [-0.4, -0.2) is 42.0 Å². The van der Waals surface area contributed by atoms with Gasteiger partial charge in [-0.15, -0.1) is 0 Å². The molecular weight excluding hydrogens is 268 g/mol. The maximum absolute atomic E-state index is 12.5. The molecule has 2 aromatic rings. The van der Waals surface area contributed by atoms with Gasteiger partial charge in [0.1, 0.15) is 0 Å². The monoisotopic (exact) mass is 288 g/mol. The number of nitrogens with zero attached hydrogens (tertiary/aromatic N) is 2. The van der Waals surface area contributed by atoms with E-state index in [1.807, 2.05) is 42.1 Å². The van der Waals surface area contributed by atoms with Gasteiger partial charge in [-0.3, -0.25) is 9.59 Å². The number of carbonyl (C=O) groups is 2. The predicted octanol–water partition coefficient (Wildman–Crippen LogP) is 2.20. The number of amides is 1. The number of hydrogen-bond donors (Lipinski definition) is 0. The third-order valence-electron chi connectivity index (χ3n) is 3.58. The van der Waals surface area contributed by atoms with Crippen molar-refractivity contribution in [2.45, 2.75) is 12.8 Å². The Balaban J connectivity index is 2.09. The van der Waals surface area contributed by atoms with E-state index < -0.39 is 0 Å². The molecule has 0 fully saturated rings. The van der Waals surface area contributed by atoms with Crippen molar-refractivity contribution in [1.29, 1.82) is 0 Å². The predicted molar refractivity (Wildman–Crippen MR) is 81.1 cm³/mol. The van der Waals surface area contributed by atoms with Crippen molar-refractivity contribution in [1.82, 2.24) is 9.47 Å². The third-order valence-corrected chi connectivity index (χ3v) is 3.58. The summed E-state index contributed by atoms with van der Waals surface area (Å²) < 4.78 is 6.54. The molecule has 1 aromatic heterocycles. The van der Waals surface area contributed by atoms with Crippen LogP contribution in [0.15, 0.2) is 30.5 Å². The van der Waals surface area contributed by atoms with E-state index >= 15 is 0 Å². The number of ether oxygens (including phenoxy) is 1. The van der Waals surface area contributed by atoms with E-state index in [0.29, 0.717) is 24.9 Å². The first-order valence-electron chi connectivity index (χ1n) is 6.91. The van der Waals surface area contributed by atoms with Gasteiger partial charge in [0.15, 0.2) is 0 Å². The van der Waals surface area contributed by atoms with Crippen molar-refractivity contribution < 1.29 is 14.3 Å². The number of aromatic nitrogens is 1. The van der Waals surface area contributed by atoms with E-state index in [0.717, 1.165) is 10.9 Å². The van der Waals surface area contributed by atoms with Gasteiger partial charge in [0.05, 0.1) is 12.7 Å². The van der Waals surface area contributed by atoms with Crippen molar-refractivity contribution in [3.05, 3.63) is 36.0 Å². The average molecular weight is 288 g/mol. The zero-order chi connectivity index (χ0) is 15.4. The number of methoxy groups -OCH3 is 1. The number of aryl methyl sites for hydroxylation is 1. The van der Waals surface area contributed by atoms with Crippen LogP contribution in [0.4, 0.5) is 0 Å². The van der Waals surface area contributed by atoms with Gasteiger partial charge in [0.2, 0.25) is 0 Å². The molecule has 0 spiro atoms. The van der Waals surface area contributed by atoms with Crippen LogP contribution in [0.2, 0.25) is 0 Å². The minimum absolute atomic E-state index is 0.0309. The molecule has 1 amide bonds. The number of carbonyl (C=O) groups excluding carboxylic acids is 2. The minimum atomic E-state index is -0.249. The summed E-state index contributed by atoms with van der Waals surface area (Å²) in [7, 11) is 5.05. The molecule has 0 aliphatic heterocycles. The first-order chi connectivity index (χ1) is 10.0. The smallest absolute Gasteiger partial charge is 0.305 e. The van der Waals surface area contributed by atoms with Crippen LogP contribution in [0.5, 0.6) is 0 Å². The van der Waals surface area contributed by atoms with Crippen LogP contribution >= 0.6 is 0 Å². The molecule has 0 unspecified atom stereocenters. The summed E-state index contributed by atoms with van der Waals surface area (Å²) in [4.78, 5) is 25.2. The van der Waals surface area contributed by atoms with E-state index in [1.54, 1.807) is 11.9 Å². The highest BCUT2D eigenvalue weighted by Gasteiger charge is 2.17. The summed E-state index contributed by atoms with van der Waals surface area (Å²) >= 11 is 0. The highest BCUT2D eigenvalue weighted by molar-refractivity contribution is 6.06. The molecule has 1 heterocycles. The molecule has 0 saturated heterocycles. The molecule has 0 N–H and O–H groups in total. The Kier molecular flexibility index (Phi) is 4.62. The van der Waals surface area contributed by atoms with E-state index in [1.165, 1.54) is 7.11 Å². The number of fused-ring (bicyclic) bond motifs is 1. The molecule has 0 aliphatic rings. The zero-order valence-corrected chi connectivity index (χ0v) is 12.6. The van der Waals surface area contributed by atoms with Crippen molar-refractivity contribution in [3.63, 3.8) is 0 Å². The van der Waals surface area contributed by atoms with Gasteiger partial charge < -0.3 is 14.2 Å². The first kappa shape index (κ1) is 15.1. The number of hydrogen-bond acceptors (Lipinski definition) is 3. The maximum Gasteiger partial charge on any atom is 0.305 e. The normalized spacial score (nSPS) is 10.6. The summed E-state index contributed by atoms with van der Waals surface area (Å²) in [5, 5.41) is 0.949. The minimum Gasteiger partial charge on any atom is -0.469 e. The lowest BCUT2D eigenvalue weighted by Crippen LogP contribution is -2.28.